The summed E-state index contributed by atoms with van der Waals surface area (Å²) < 4.78 is 2.64. The number of anilines is 1. The van der Waals surface area contributed by atoms with Gasteiger partial charge in [0.1, 0.15) is 0 Å². The third-order valence-electron chi connectivity index (χ3n) is 5.84. The zero-order valence-electron chi connectivity index (χ0n) is 17.6. The molecule has 5 rings (SSSR count). The van der Waals surface area contributed by atoms with Crippen molar-refractivity contribution in [3.05, 3.63) is 72.1 Å². The molecule has 1 saturated heterocycles. The van der Waals surface area contributed by atoms with E-state index in [9.17, 15) is 9.59 Å². The number of imidazole rings is 1. The van der Waals surface area contributed by atoms with Crippen LogP contribution < -0.4 is 16.1 Å². The summed E-state index contributed by atoms with van der Waals surface area (Å²) in [4.78, 5) is 37.5. The maximum absolute atomic E-state index is 13.1. The maximum Gasteiger partial charge on any atom is 0.323 e. The van der Waals surface area contributed by atoms with E-state index in [0.717, 1.165) is 57.8 Å². The van der Waals surface area contributed by atoms with Gasteiger partial charge in [-0.1, -0.05) is 0 Å². The van der Waals surface area contributed by atoms with Crippen LogP contribution in [0.15, 0.2) is 51.0 Å². The highest BCUT2D eigenvalue weighted by Gasteiger charge is 2.17. The fourth-order valence-electron chi connectivity index (χ4n) is 4.17. The number of benzene rings is 2. The number of hydrogen-bond donors (Lipinski definition) is 3. The zero-order chi connectivity index (χ0) is 22.2. The van der Waals surface area contributed by atoms with Gasteiger partial charge in [-0.15, -0.1) is 0 Å². The van der Waals surface area contributed by atoms with Crippen molar-refractivity contribution in [2.75, 3.05) is 18.0 Å². The van der Waals surface area contributed by atoms with Crippen molar-refractivity contribution >= 4 is 51.2 Å². The van der Waals surface area contributed by atoms with Crippen LogP contribution in [-0.2, 0) is 0 Å². The van der Waals surface area contributed by atoms with E-state index >= 15 is 0 Å². The second-order valence-electron chi connectivity index (χ2n) is 8.04. The van der Waals surface area contributed by atoms with Gasteiger partial charge in [0.15, 0.2) is 0 Å². The molecule has 2 aromatic carbocycles. The zero-order valence-corrected chi connectivity index (χ0v) is 19.8. The summed E-state index contributed by atoms with van der Waals surface area (Å²) in [6.45, 7) is 3.77. The van der Waals surface area contributed by atoms with Gasteiger partial charge >= 0.3 is 5.69 Å². The Bertz CT molecular complexity index is 1420. The van der Waals surface area contributed by atoms with Crippen LogP contribution >= 0.6 is 22.6 Å². The average molecular weight is 542 g/mol. The standard InChI is InChI=1S/C23H23IN6O2/c1-14-17(22(31)30(28-14)16-7-5-15(24)6-8-16)13-25-20-11-18-19(27-23(32)26-18)12-21(20)29-9-3-2-4-10-29/h5-8,11-13,28H,2-4,9-10H2,1H3,(H2,26,27,32). The van der Waals surface area contributed by atoms with E-state index < -0.39 is 0 Å². The third-order valence-corrected chi connectivity index (χ3v) is 6.56. The maximum atomic E-state index is 13.1. The van der Waals surface area contributed by atoms with Crippen molar-refractivity contribution in [1.82, 2.24) is 19.7 Å². The summed E-state index contributed by atoms with van der Waals surface area (Å²) in [5.74, 6) is 0. The van der Waals surface area contributed by atoms with Crippen molar-refractivity contribution in [3.8, 4) is 5.69 Å². The average Bonchev–Trinajstić information content (AvgIpc) is 3.30. The molecule has 0 atom stereocenters. The summed E-state index contributed by atoms with van der Waals surface area (Å²) in [6.07, 6.45) is 5.10. The number of rotatable bonds is 4. The molecule has 0 unspecified atom stereocenters. The lowest BCUT2D eigenvalue weighted by Gasteiger charge is -2.29. The topological polar surface area (TPSA) is 102 Å². The Morgan fingerprint density at radius 3 is 2.41 bits per heavy atom. The molecule has 0 aliphatic carbocycles. The van der Waals surface area contributed by atoms with Gasteiger partial charge in [-0.25, -0.2) is 9.48 Å². The van der Waals surface area contributed by atoms with E-state index in [0.29, 0.717) is 11.1 Å². The molecule has 8 nitrogen and oxygen atoms in total. The molecule has 3 heterocycles. The van der Waals surface area contributed by atoms with Gasteiger partial charge in [0.2, 0.25) is 0 Å². The van der Waals surface area contributed by atoms with Crippen LogP contribution in [0.3, 0.4) is 0 Å². The summed E-state index contributed by atoms with van der Waals surface area (Å²) in [6, 6.07) is 11.6. The third kappa shape index (κ3) is 3.92. The van der Waals surface area contributed by atoms with Crippen molar-refractivity contribution in [3.63, 3.8) is 0 Å². The van der Waals surface area contributed by atoms with E-state index in [2.05, 4.69) is 42.6 Å². The van der Waals surface area contributed by atoms with Crippen LogP contribution in [0.25, 0.3) is 16.7 Å². The van der Waals surface area contributed by atoms with E-state index in [1.165, 1.54) is 11.1 Å². The molecule has 0 saturated carbocycles. The normalized spacial score (nSPS) is 14.6. The number of aliphatic imine (C=N–C) groups is 1. The van der Waals surface area contributed by atoms with Gasteiger partial charge in [0.25, 0.3) is 5.56 Å². The first-order chi connectivity index (χ1) is 15.5. The quantitative estimate of drug-likeness (QED) is 0.269. The highest BCUT2D eigenvalue weighted by atomic mass is 127. The Balaban J connectivity index is 1.57. The highest BCUT2D eigenvalue weighted by molar-refractivity contribution is 14.1. The van der Waals surface area contributed by atoms with Crippen molar-refractivity contribution in [1.29, 1.82) is 0 Å². The molecule has 1 fully saturated rings. The number of nitrogens with zero attached hydrogens (tertiary/aromatic N) is 3. The predicted octanol–water partition coefficient (Wildman–Crippen LogP) is 3.99. The summed E-state index contributed by atoms with van der Waals surface area (Å²) in [7, 11) is 0. The number of halogens is 1. The van der Waals surface area contributed by atoms with Gasteiger partial charge < -0.3 is 14.9 Å². The molecule has 9 heteroatoms. The SMILES string of the molecule is Cc1[nH]n(-c2ccc(I)cc2)c(=O)c1C=Nc1cc2[nH]c(=O)[nH]c2cc1N1CCCCC1. The van der Waals surface area contributed by atoms with E-state index in [4.69, 9.17) is 4.99 Å². The number of H-pyrrole nitrogens is 3. The molecule has 32 heavy (non-hydrogen) atoms. The van der Waals surface area contributed by atoms with Gasteiger partial charge in [-0.2, -0.15) is 0 Å². The van der Waals surface area contributed by atoms with Crippen molar-refractivity contribution < 1.29 is 0 Å². The van der Waals surface area contributed by atoms with Gasteiger partial charge in [0, 0.05) is 28.6 Å². The van der Waals surface area contributed by atoms with Crippen LogP contribution in [0, 0.1) is 10.5 Å². The first kappa shape index (κ1) is 20.8. The summed E-state index contributed by atoms with van der Waals surface area (Å²) in [5, 5.41) is 3.14. The first-order valence-electron chi connectivity index (χ1n) is 10.6. The summed E-state index contributed by atoms with van der Waals surface area (Å²) >= 11 is 2.24. The number of aromatic amines is 3. The minimum Gasteiger partial charge on any atom is -0.370 e. The molecule has 4 aromatic rings. The van der Waals surface area contributed by atoms with Crippen LogP contribution in [0.1, 0.15) is 30.5 Å². The lowest BCUT2D eigenvalue weighted by atomic mass is 10.1. The minimum atomic E-state index is -0.243. The van der Waals surface area contributed by atoms with Crippen molar-refractivity contribution in [2.45, 2.75) is 26.2 Å². The van der Waals surface area contributed by atoms with Gasteiger partial charge in [0.05, 0.1) is 33.7 Å². The molecule has 2 aromatic heterocycles. The second-order valence-corrected chi connectivity index (χ2v) is 9.28. The summed E-state index contributed by atoms with van der Waals surface area (Å²) in [5.41, 5.74) is 4.79. The lowest BCUT2D eigenvalue weighted by Crippen LogP contribution is -2.29. The molecule has 3 N–H and O–H groups in total. The molecule has 164 valence electrons. The van der Waals surface area contributed by atoms with Crippen molar-refractivity contribution in [2.24, 2.45) is 4.99 Å². The molecule has 0 spiro atoms. The molecular formula is C23H23IN6O2. The lowest BCUT2D eigenvalue weighted by molar-refractivity contribution is 0.578. The number of hydrogen-bond acceptors (Lipinski definition) is 4. The molecule has 0 radical (unpaired) electrons. The minimum absolute atomic E-state index is 0.150. The second kappa shape index (κ2) is 8.45. The van der Waals surface area contributed by atoms with Crippen LogP contribution in [0.2, 0.25) is 0 Å². The van der Waals surface area contributed by atoms with E-state index in [-0.39, 0.29) is 11.2 Å². The number of aromatic nitrogens is 4. The Labute approximate surface area is 197 Å². The molecular weight excluding hydrogens is 519 g/mol. The van der Waals surface area contributed by atoms with Crippen LogP contribution in [0.4, 0.5) is 11.4 Å². The van der Waals surface area contributed by atoms with E-state index in [1.807, 2.05) is 43.3 Å². The number of aryl methyl sites for hydroxylation is 1. The fraction of sp³-hybridized carbons (Fsp3) is 0.261. The predicted molar refractivity (Wildman–Crippen MR) is 136 cm³/mol. The highest BCUT2D eigenvalue weighted by Crippen LogP contribution is 2.33. The molecule has 1 aliphatic heterocycles. The van der Waals surface area contributed by atoms with Gasteiger partial charge in [-0.05, 0) is 85.2 Å². The van der Waals surface area contributed by atoms with Crippen LogP contribution in [-0.4, -0.2) is 39.1 Å². The molecule has 0 bridgehead atoms. The number of fused-ring (bicyclic) bond motifs is 1. The smallest absolute Gasteiger partial charge is 0.323 e. The van der Waals surface area contributed by atoms with E-state index in [1.54, 1.807) is 6.21 Å². The van der Waals surface area contributed by atoms with Gasteiger partial charge in [-0.3, -0.25) is 14.9 Å². The Kier molecular flexibility index (Phi) is 5.50. The largest absolute Gasteiger partial charge is 0.370 e. The fourth-order valence-corrected chi connectivity index (χ4v) is 4.53. The number of piperidine rings is 1. The van der Waals surface area contributed by atoms with Crippen LogP contribution in [0.5, 0.6) is 0 Å². The Morgan fingerprint density at radius 1 is 1.00 bits per heavy atom. The monoisotopic (exact) mass is 542 g/mol. The molecule has 0 amide bonds. The Morgan fingerprint density at radius 2 is 1.69 bits per heavy atom. The first-order valence-corrected chi connectivity index (χ1v) is 11.7. The molecule has 1 aliphatic rings. The Hall–Kier alpha value is -3.08. The number of nitrogens with one attached hydrogen (secondary N) is 3.